The summed E-state index contributed by atoms with van der Waals surface area (Å²) in [5.41, 5.74) is 1.94. The Kier molecular flexibility index (Phi) is 3.20. The number of halogens is 1. The number of hydrogen-bond acceptors (Lipinski definition) is 2. The highest BCUT2D eigenvalue weighted by Crippen LogP contribution is 2.16. The molecule has 14 heavy (non-hydrogen) atoms. The van der Waals surface area contributed by atoms with E-state index < -0.39 is 5.82 Å². The van der Waals surface area contributed by atoms with E-state index in [-0.39, 0.29) is 12.8 Å². The van der Waals surface area contributed by atoms with Gasteiger partial charge in [-0.3, -0.25) is 0 Å². The van der Waals surface area contributed by atoms with Crippen LogP contribution in [0.15, 0.2) is 12.1 Å². The van der Waals surface area contributed by atoms with Crippen LogP contribution in [0.25, 0.3) is 0 Å². The third-order valence-electron chi connectivity index (χ3n) is 2.04. The first-order valence-corrected chi connectivity index (χ1v) is 4.21. The number of benzene rings is 1. The van der Waals surface area contributed by atoms with Crippen LogP contribution in [0.5, 0.6) is 0 Å². The average molecular weight is 188 g/mol. The Morgan fingerprint density at radius 1 is 1.14 bits per heavy atom. The van der Waals surface area contributed by atoms with Gasteiger partial charge in [0.2, 0.25) is 0 Å². The Balaban J connectivity index is 3.13. The van der Waals surface area contributed by atoms with Crippen LogP contribution in [-0.2, 0) is 12.8 Å². The van der Waals surface area contributed by atoms with Gasteiger partial charge in [-0.2, -0.15) is 10.5 Å². The molecule has 1 aromatic carbocycles. The quantitative estimate of drug-likeness (QED) is 0.714. The topological polar surface area (TPSA) is 47.6 Å². The van der Waals surface area contributed by atoms with Crippen LogP contribution >= 0.6 is 0 Å². The zero-order chi connectivity index (χ0) is 10.6. The van der Waals surface area contributed by atoms with E-state index in [1.54, 1.807) is 6.07 Å². The van der Waals surface area contributed by atoms with Gasteiger partial charge in [0.25, 0.3) is 0 Å². The molecule has 0 fully saturated rings. The van der Waals surface area contributed by atoms with Gasteiger partial charge >= 0.3 is 0 Å². The first-order valence-electron chi connectivity index (χ1n) is 4.21. The van der Waals surface area contributed by atoms with Gasteiger partial charge in [0.1, 0.15) is 5.82 Å². The fourth-order valence-corrected chi connectivity index (χ4v) is 1.28. The zero-order valence-corrected chi connectivity index (χ0v) is 7.84. The summed E-state index contributed by atoms with van der Waals surface area (Å²) in [6.07, 6.45) is 0.273. The van der Waals surface area contributed by atoms with E-state index in [0.29, 0.717) is 11.1 Å². The third kappa shape index (κ3) is 2.08. The molecule has 1 rings (SSSR count). The summed E-state index contributed by atoms with van der Waals surface area (Å²) >= 11 is 0. The monoisotopic (exact) mass is 188 g/mol. The van der Waals surface area contributed by atoms with Crippen molar-refractivity contribution in [2.45, 2.75) is 19.8 Å². The van der Waals surface area contributed by atoms with Gasteiger partial charge in [0.15, 0.2) is 0 Å². The lowest BCUT2D eigenvalue weighted by Crippen LogP contribution is -1.95. The maximum absolute atomic E-state index is 13.3. The predicted molar refractivity (Wildman–Crippen MR) is 49.8 cm³/mol. The van der Waals surface area contributed by atoms with Crippen LogP contribution in [0.4, 0.5) is 4.39 Å². The van der Waals surface area contributed by atoms with Crippen LogP contribution in [0.1, 0.15) is 16.7 Å². The van der Waals surface area contributed by atoms with Gasteiger partial charge < -0.3 is 0 Å². The summed E-state index contributed by atoms with van der Waals surface area (Å²) in [4.78, 5) is 0. The number of rotatable bonds is 2. The summed E-state index contributed by atoms with van der Waals surface area (Å²) in [5, 5.41) is 16.9. The molecule has 3 heteroatoms. The van der Waals surface area contributed by atoms with Crippen LogP contribution < -0.4 is 0 Å². The molecule has 0 spiro atoms. The molecule has 0 N–H and O–H groups in total. The van der Waals surface area contributed by atoms with E-state index in [1.807, 2.05) is 19.1 Å². The Labute approximate surface area is 82.2 Å². The van der Waals surface area contributed by atoms with Crippen LogP contribution in [-0.4, -0.2) is 0 Å². The Morgan fingerprint density at radius 2 is 1.71 bits per heavy atom. The maximum atomic E-state index is 13.3. The molecule has 0 bridgehead atoms. The van der Waals surface area contributed by atoms with Crippen molar-refractivity contribution in [2.24, 2.45) is 0 Å². The maximum Gasteiger partial charge on any atom is 0.127 e. The third-order valence-corrected chi connectivity index (χ3v) is 2.04. The predicted octanol–water partition coefficient (Wildman–Crippen LogP) is 2.27. The second-order valence-electron chi connectivity index (χ2n) is 3.04. The highest BCUT2D eigenvalue weighted by Gasteiger charge is 2.06. The second-order valence-corrected chi connectivity index (χ2v) is 3.04. The van der Waals surface area contributed by atoms with Crippen molar-refractivity contribution in [3.05, 3.63) is 34.6 Å². The van der Waals surface area contributed by atoms with E-state index in [4.69, 9.17) is 10.5 Å². The first kappa shape index (κ1) is 10.2. The van der Waals surface area contributed by atoms with Gasteiger partial charge in [0.05, 0.1) is 25.0 Å². The molecule has 70 valence electrons. The van der Waals surface area contributed by atoms with Crippen molar-refractivity contribution >= 4 is 0 Å². The van der Waals surface area contributed by atoms with Crippen LogP contribution in [0.2, 0.25) is 0 Å². The number of nitrogens with zero attached hydrogens (tertiary/aromatic N) is 2. The van der Waals surface area contributed by atoms with Crippen LogP contribution in [0, 0.1) is 35.4 Å². The van der Waals surface area contributed by atoms with Crippen LogP contribution in [0.3, 0.4) is 0 Å². The molecular formula is C11H9FN2. The van der Waals surface area contributed by atoms with Crippen molar-refractivity contribution in [3.8, 4) is 12.1 Å². The normalized spacial score (nSPS) is 9.14. The summed E-state index contributed by atoms with van der Waals surface area (Å²) in [6, 6.07) is 6.84. The smallest absolute Gasteiger partial charge is 0.127 e. The molecule has 0 amide bonds. The lowest BCUT2D eigenvalue weighted by Gasteiger charge is -2.05. The van der Waals surface area contributed by atoms with Gasteiger partial charge in [-0.15, -0.1) is 0 Å². The number of hydrogen-bond donors (Lipinski definition) is 0. The minimum absolute atomic E-state index is 0.0690. The van der Waals surface area contributed by atoms with Crippen molar-refractivity contribution < 1.29 is 4.39 Å². The van der Waals surface area contributed by atoms with Gasteiger partial charge in [-0.05, 0) is 24.1 Å². The van der Waals surface area contributed by atoms with Crippen molar-refractivity contribution in [1.82, 2.24) is 0 Å². The summed E-state index contributed by atoms with van der Waals surface area (Å²) in [7, 11) is 0. The summed E-state index contributed by atoms with van der Waals surface area (Å²) < 4.78 is 13.3. The van der Waals surface area contributed by atoms with Gasteiger partial charge in [-0.1, -0.05) is 6.07 Å². The molecule has 0 atom stereocenters. The fourth-order valence-electron chi connectivity index (χ4n) is 1.28. The molecule has 2 nitrogen and oxygen atoms in total. The first-order chi connectivity index (χ1) is 6.69. The van der Waals surface area contributed by atoms with Gasteiger partial charge in [0, 0.05) is 5.56 Å². The molecule has 0 aliphatic rings. The summed E-state index contributed by atoms with van der Waals surface area (Å²) in [6.45, 7) is 1.81. The molecule has 0 saturated carbocycles. The molecule has 0 aromatic heterocycles. The molecule has 0 aliphatic heterocycles. The van der Waals surface area contributed by atoms with E-state index in [9.17, 15) is 4.39 Å². The standard InChI is InChI=1S/C11H9FN2/c1-8-6-10(3-5-14)11(12)7-9(8)2-4-13/h6-7H,2-3H2,1H3. The van der Waals surface area contributed by atoms with E-state index in [1.165, 1.54) is 6.07 Å². The lowest BCUT2D eigenvalue weighted by atomic mass is 10.0. The van der Waals surface area contributed by atoms with E-state index in [2.05, 4.69) is 0 Å². The zero-order valence-electron chi connectivity index (χ0n) is 7.84. The Hall–Kier alpha value is -1.87. The van der Waals surface area contributed by atoms with Gasteiger partial charge in [-0.25, -0.2) is 4.39 Å². The molecule has 0 unspecified atom stereocenters. The van der Waals surface area contributed by atoms with E-state index in [0.717, 1.165) is 5.56 Å². The fraction of sp³-hybridized carbons (Fsp3) is 0.273. The Morgan fingerprint density at radius 3 is 2.29 bits per heavy atom. The van der Waals surface area contributed by atoms with E-state index >= 15 is 0 Å². The minimum atomic E-state index is -0.401. The second kappa shape index (κ2) is 4.39. The molecular weight excluding hydrogens is 179 g/mol. The largest absolute Gasteiger partial charge is 0.207 e. The number of aryl methyl sites for hydroxylation is 1. The Bertz CT molecular complexity index is 382. The van der Waals surface area contributed by atoms with Crippen molar-refractivity contribution in [2.75, 3.05) is 0 Å². The lowest BCUT2D eigenvalue weighted by molar-refractivity contribution is 0.613. The van der Waals surface area contributed by atoms with Crippen molar-refractivity contribution in [3.63, 3.8) is 0 Å². The minimum Gasteiger partial charge on any atom is -0.207 e. The molecule has 0 radical (unpaired) electrons. The average Bonchev–Trinajstić information content (AvgIpc) is 2.14. The SMILES string of the molecule is Cc1cc(CC#N)c(F)cc1CC#N. The summed E-state index contributed by atoms with van der Waals surface area (Å²) in [5.74, 6) is -0.401. The number of nitriles is 2. The molecule has 0 aliphatic carbocycles. The molecule has 0 saturated heterocycles. The molecule has 1 aromatic rings. The van der Waals surface area contributed by atoms with Crippen molar-refractivity contribution in [1.29, 1.82) is 10.5 Å². The molecule has 0 heterocycles. The highest BCUT2D eigenvalue weighted by atomic mass is 19.1. The highest BCUT2D eigenvalue weighted by molar-refractivity contribution is 5.35.